The highest BCUT2D eigenvalue weighted by Crippen LogP contribution is 2.42. The third-order valence-corrected chi connectivity index (χ3v) is 9.25. The Balaban J connectivity index is 1.62. The zero-order valence-corrected chi connectivity index (χ0v) is 18.7. The number of sulfone groups is 1. The van der Waals surface area contributed by atoms with Gasteiger partial charge < -0.3 is 9.80 Å². The number of hydrogen-bond donors (Lipinski definition) is 0. The second kappa shape index (κ2) is 7.28. The molecule has 0 aliphatic carbocycles. The van der Waals surface area contributed by atoms with Crippen LogP contribution in [0.25, 0.3) is 0 Å². The molecule has 11 heteroatoms. The van der Waals surface area contributed by atoms with Gasteiger partial charge in [0.2, 0.25) is 0 Å². The van der Waals surface area contributed by atoms with E-state index in [1.165, 1.54) is 11.8 Å². The third kappa shape index (κ3) is 4.17. The van der Waals surface area contributed by atoms with Crippen LogP contribution in [0.2, 0.25) is 0 Å². The Labute approximate surface area is 175 Å². The van der Waals surface area contributed by atoms with Gasteiger partial charge in [0.15, 0.2) is 15.0 Å². The molecule has 1 saturated heterocycles. The molecule has 8 nitrogen and oxygen atoms in total. The van der Waals surface area contributed by atoms with Crippen LogP contribution in [0, 0.1) is 5.92 Å². The van der Waals surface area contributed by atoms with Crippen LogP contribution < -0.4 is 4.90 Å². The fraction of sp³-hybridized carbons (Fsp3) is 0.556. The lowest BCUT2D eigenvalue weighted by molar-refractivity contribution is 0.0672. The van der Waals surface area contributed by atoms with Gasteiger partial charge in [0, 0.05) is 29.6 Å². The quantitative estimate of drug-likeness (QED) is 0.676. The van der Waals surface area contributed by atoms with Crippen LogP contribution in [-0.4, -0.2) is 69.2 Å². The van der Waals surface area contributed by atoms with Crippen LogP contribution in [-0.2, 0) is 19.9 Å². The molecule has 3 aliphatic rings. The summed E-state index contributed by atoms with van der Waals surface area (Å²) >= 11 is 1.24. The number of benzene rings is 1. The second-order valence-electron chi connectivity index (χ2n) is 8.00. The van der Waals surface area contributed by atoms with Crippen molar-refractivity contribution in [2.24, 2.45) is 10.3 Å². The SMILES string of the molecule is CC(C)CN(C(=O)c1ccc2c(c1)SC1=NS(=O)(=O)CCN12)[C@@H]1CCS(=O)(=O)C1. The van der Waals surface area contributed by atoms with Crippen LogP contribution in [0.3, 0.4) is 0 Å². The minimum Gasteiger partial charge on any atom is -0.334 e. The third-order valence-electron chi connectivity index (χ3n) is 5.19. The molecule has 158 valence electrons. The lowest BCUT2D eigenvalue weighted by atomic mass is 10.1. The maximum Gasteiger partial charge on any atom is 0.257 e. The van der Waals surface area contributed by atoms with Gasteiger partial charge in [0.25, 0.3) is 15.9 Å². The van der Waals surface area contributed by atoms with Gasteiger partial charge in [-0.05, 0) is 42.3 Å². The highest BCUT2D eigenvalue weighted by Gasteiger charge is 2.37. The lowest BCUT2D eigenvalue weighted by Gasteiger charge is -2.30. The van der Waals surface area contributed by atoms with E-state index in [1.807, 2.05) is 24.8 Å². The minimum atomic E-state index is -3.44. The molecule has 0 bridgehead atoms. The number of anilines is 1. The first kappa shape index (κ1) is 20.7. The fourth-order valence-corrected chi connectivity index (χ4v) is 7.87. The van der Waals surface area contributed by atoms with E-state index in [4.69, 9.17) is 0 Å². The molecule has 0 aromatic heterocycles. The molecule has 29 heavy (non-hydrogen) atoms. The molecular formula is C18H23N3O5S3. The monoisotopic (exact) mass is 457 g/mol. The van der Waals surface area contributed by atoms with E-state index in [1.54, 1.807) is 17.0 Å². The maximum atomic E-state index is 13.3. The lowest BCUT2D eigenvalue weighted by Crippen LogP contribution is -2.43. The molecule has 1 atom stereocenters. The molecule has 1 aromatic carbocycles. The van der Waals surface area contributed by atoms with Crippen molar-refractivity contribution in [2.75, 3.05) is 35.2 Å². The van der Waals surface area contributed by atoms with Gasteiger partial charge in [0.1, 0.15) is 0 Å². The average Bonchev–Trinajstić information content (AvgIpc) is 3.16. The maximum absolute atomic E-state index is 13.3. The smallest absolute Gasteiger partial charge is 0.257 e. The summed E-state index contributed by atoms with van der Waals surface area (Å²) in [5, 5.41) is 0.414. The fourth-order valence-electron chi connectivity index (χ4n) is 3.84. The number of rotatable bonds is 4. The molecule has 3 heterocycles. The number of carbonyl (C=O) groups is 1. The molecule has 0 radical (unpaired) electrons. The van der Waals surface area contributed by atoms with Crippen LogP contribution in [0.1, 0.15) is 30.6 Å². The number of carbonyl (C=O) groups excluding carboxylic acids is 1. The Bertz CT molecular complexity index is 1100. The van der Waals surface area contributed by atoms with Gasteiger partial charge >= 0.3 is 0 Å². The largest absolute Gasteiger partial charge is 0.334 e. The normalized spacial score (nSPS) is 24.2. The van der Waals surface area contributed by atoms with Crippen molar-refractivity contribution in [2.45, 2.75) is 31.2 Å². The first-order chi connectivity index (χ1) is 13.5. The summed E-state index contributed by atoms with van der Waals surface area (Å²) in [7, 11) is -6.54. The van der Waals surface area contributed by atoms with Crippen LogP contribution in [0.4, 0.5) is 5.69 Å². The summed E-state index contributed by atoms with van der Waals surface area (Å²) in [5.74, 6) is 0.106. The Kier molecular flexibility index (Phi) is 5.19. The van der Waals surface area contributed by atoms with Gasteiger partial charge in [-0.15, -0.1) is 4.40 Å². The first-order valence-corrected chi connectivity index (χ1v) is 13.7. The number of sulfonamides is 1. The van der Waals surface area contributed by atoms with E-state index in [9.17, 15) is 21.6 Å². The number of amides is 1. The molecule has 3 aliphatic heterocycles. The standard InChI is InChI=1S/C18H23N3O5S3/c1-12(2)10-21(14-5-7-28(23,24)11-14)17(22)13-3-4-15-16(9-13)27-18-19-29(25,26)8-6-20(15)18/h3-4,9,12,14H,5-8,10-11H2,1-2H3/t14-/m1/s1. The van der Waals surface area contributed by atoms with Gasteiger partial charge in [-0.3, -0.25) is 4.79 Å². The predicted molar refractivity (Wildman–Crippen MR) is 114 cm³/mol. The summed E-state index contributed by atoms with van der Waals surface area (Å²) in [6.45, 7) is 4.83. The van der Waals surface area contributed by atoms with Crippen molar-refractivity contribution in [3.8, 4) is 0 Å². The first-order valence-electron chi connectivity index (χ1n) is 9.48. The molecule has 0 N–H and O–H groups in total. The Hall–Kier alpha value is -1.59. The van der Waals surface area contributed by atoms with Gasteiger partial charge in [-0.25, -0.2) is 16.8 Å². The van der Waals surface area contributed by atoms with E-state index >= 15 is 0 Å². The number of thioether (sulfide) groups is 1. The second-order valence-corrected chi connectivity index (χ2v) is 13.0. The summed E-state index contributed by atoms with van der Waals surface area (Å²) in [6, 6.07) is 4.99. The van der Waals surface area contributed by atoms with Crippen LogP contribution in [0.15, 0.2) is 27.5 Å². The number of nitrogens with zero attached hydrogens (tertiary/aromatic N) is 3. The molecule has 4 rings (SSSR count). The van der Waals surface area contributed by atoms with E-state index < -0.39 is 19.9 Å². The van der Waals surface area contributed by atoms with E-state index in [0.29, 0.717) is 30.2 Å². The van der Waals surface area contributed by atoms with Crippen molar-refractivity contribution >= 4 is 48.4 Å². The zero-order valence-electron chi connectivity index (χ0n) is 16.2. The molecular weight excluding hydrogens is 434 g/mol. The highest BCUT2D eigenvalue weighted by atomic mass is 32.2. The summed E-state index contributed by atoms with van der Waals surface area (Å²) < 4.78 is 51.2. The molecule has 0 spiro atoms. The van der Waals surface area contributed by atoms with Crippen molar-refractivity contribution < 1.29 is 21.6 Å². The number of fused-ring (bicyclic) bond motifs is 3. The Morgan fingerprint density at radius 2 is 2.03 bits per heavy atom. The van der Waals surface area contributed by atoms with Crippen LogP contribution in [0.5, 0.6) is 0 Å². The predicted octanol–water partition coefficient (Wildman–Crippen LogP) is 1.58. The Morgan fingerprint density at radius 3 is 2.69 bits per heavy atom. The minimum absolute atomic E-state index is 0.00753. The molecule has 1 fully saturated rings. The molecule has 0 saturated carbocycles. The topological polar surface area (TPSA) is 104 Å². The summed E-state index contributed by atoms with van der Waals surface area (Å²) in [5.41, 5.74) is 1.32. The molecule has 1 aromatic rings. The van der Waals surface area contributed by atoms with Gasteiger partial charge in [-0.2, -0.15) is 0 Å². The van der Waals surface area contributed by atoms with E-state index in [0.717, 1.165) is 10.6 Å². The molecule has 0 unspecified atom stereocenters. The average molecular weight is 458 g/mol. The zero-order chi connectivity index (χ0) is 21.0. The Morgan fingerprint density at radius 1 is 1.28 bits per heavy atom. The van der Waals surface area contributed by atoms with Crippen LogP contribution >= 0.6 is 11.8 Å². The van der Waals surface area contributed by atoms with Crippen molar-refractivity contribution in [3.05, 3.63) is 23.8 Å². The van der Waals surface area contributed by atoms with Crippen molar-refractivity contribution in [1.29, 1.82) is 0 Å². The highest BCUT2D eigenvalue weighted by molar-refractivity contribution is 8.15. The van der Waals surface area contributed by atoms with E-state index in [-0.39, 0.29) is 35.1 Å². The van der Waals surface area contributed by atoms with E-state index in [2.05, 4.69) is 4.40 Å². The number of amidine groups is 1. The molecule has 1 amide bonds. The summed E-state index contributed by atoms with van der Waals surface area (Å²) in [4.78, 5) is 17.6. The van der Waals surface area contributed by atoms with Gasteiger partial charge in [0.05, 0.1) is 22.9 Å². The van der Waals surface area contributed by atoms with Gasteiger partial charge in [-0.1, -0.05) is 13.8 Å². The van der Waals surface area contributed by atoms with Crippen molar-refractivity contribution in [1.82, 2.24) is 4.90 Å². The summed E-state index contributed by atoms with van der Waals surface area (Å²) in [6.07, 6.45) is 0.461. The van der Waals surface area contributed by atoms with Crippen molar-refractivity contribution in [3.63, 3.8) is 0 Å². The number of hydrogen-bond acceptors (Lipinski definition) is 7.